The number of rotatable bonds is 6. The van der Waals surface area contributed by atoms with Gasteiger partial charge in [-0.15, -0.1) is 0 Å². The van der Waals surface area contributed by atoms with Crippen molar-refractivity contribution < 1.29 is 0 Å². The third-order valence-corrected chi connectivity index (χ3v) is 7.55. The van der Waals surface area contributed by atoms with Crippen LogP contribution in [0.2, 0.25) is 0 Å². The van der Waals surface area contributed by atoms with E-state index in [1.165, 1.54) is 75.7 Å². The van der Waals surface area contributed by atoms with Gasteiger partial charge in [0.2, 0.25) is 0 Å². The van der Waals surface area contributed by atoms with Gasteiger partial charge in [0.25, 0.3) is 0 Å². The molecule has 0 spiro atoms. The van der Waals surface area contributed by atoms with Crippen LogP contribution < -0.4 is 4.72 Å². The third kappa shape index (κ3) is 4.41. The Morgan fingerprint density at radius 3 is 2.31 bits per heavy atom. The average Bonchev–Trinajstić information content (AvgIpc) is 3.41. The Morgan fingerprint density at radius 1 is 0.931 bits per heavy atom. The molecule has 0 radical (unpaired) electrons. The first-order chi connectivity index (χ1) is 14.4. The van der Waals surface area contributed by atoms with Gasteiger partial charge in [-0.1, -0.05) is 42.5 Å². The fourth-order valence-electron chi connectivity index (χ4n) is 5.33. The van der Waals surface area contributed by atoms with Crippen LogP contribution in [0.1, 0.15) is 53.5 Å². The van der Waals surface area contributed by atoms with E-state index in [2.05, 4.69) is 57.5 Å². The summed E-state index contributed by atoms with van der Waals surface area (Å²) in [6, 6.07) is 13.4. The summed E-state index contributed by atoms with van der Waals surface area (Å²) in [7, 11) is 0. The molecule has 0 aromatic heterocycles. The van der Waals surface area contributed by atoms with Gasteiger partial charge >= 0.3 is 0 Å². The highest BCUT2D eigenvalue weighted by molar-refractivity contribution is 8.03. The number of benzene rings is 2. The molecule has 1 aliphatic heterocycles. The second kappa shape index (κ2) is 8.97. The van der Waals surface area contributed by atoms with Gasteiger partial charge in [-0.05, 0) is 116 Å². The minimum atomic E-state index is 0.725. The smallest absolute Gasteiger partial charge is 0.0512 e. The fourth-order valence-corrected chi connectivity index (χ4v) is 6.06. The van der Waals surface area contributed by atoms with Crippen LogP contribution in [-0.4, -0.2) is 18.0 Å². The number of piperidine rings is 1. The molecule has 0 amide bonds. The van der Waals surface area contributed by atoms with Crippen LogP contribution in [0.5, 0.6) is 0 Å². The van der Waals surface area contributed by atoms with Crippen molar-refractivity contribution in [1.29, 1.82) is 0 Å². The molecule has 1 N–H and O–H groups in total. The van der Waals surface area contributed by atoms with Crippen molar-refractivity contribution in [2.75, 3.05) is 17.8 Å². The lowest BCUT2D eigenvalue weighted by molar-refractivity contribution is 0.196. The van der Waals surface area contributed by atoms with Gasteiger partial charge in [-0.25, -0.2) is 0 Å². The molecule has 2 aromatic carbocycles. The summed E-state index contributed by atoms with van der Waals surface area (Å²) < 4.78 is 3.75. The summed E-state index contributed by atoms with van der Waals surface area (Å²) >= 11 is 1.79. The highest BCUT2D eigenvalue weighted by Crippen LogP contribution is 2.39. The summed E-state index contributed by atoms with van der Waals surface area (Å²) in [5.74, 6) is 0.725. The number of nitrogens with zero attached hydrogens (tertiary/aromatic N) is 1. The molecule has 0 saturated carbocycles. The van der Waals surface area contributed by atoms with E-state index in [0.717, 1.165) is 12.5 Å². The molecule has 3 aliphatic rings. The monoisotopic (exact) mass is 404 g/mol. The van der Waals surface area contributed by atoms with Gasteiger partial charge in [0, 0.05) is 6.54 Å². The van der Waals surface area contributed by atoms with Crippen LogP contribution in [0, 0.1) is 5.92 Å². The topological polar surface area (TPSA) is 15.3 Å². The van der Waals surface area contributed by atoms with Crippen molar-refractivity contribution in [3.63, 3.8) is 0 Å². The lowest BCUT2D eigenvalue weighted by Gasteiger charge is -2.30. The zero-order valence-electron chi connectivity index (χ0n) is 17.3. The fraction of sp³-hybridized carbons (Fsp3) is 0.462. The Hall–Kier alpha value is -1.71. The van der Waals surface area contributed by atoms with Gasteiger partial charge in [-0.2, -0.15) is 0 Å². The molecule has 1 saturated heterocycles. The van der Waals surface area contributed by atoms with Crippen LogP contribution in [0.15, 0.2) is 47.9 Å². The predicted molar refractivity (Wildman–Crippen MR) is 125 cm³/mol. The molecule has 0 bridgehead atoms. The molecular weight excluding hydrogens is 372 g/mol. The Morgan fingerprint density at radius 2 is 1.62 bits per heavy atom. The Balaban J connectivity index is 1.13. The normalized spacial score (nSPS) is 19.6. The van der Waals surface area contributed by atoms with Crippen LogP contribution in [-0.2, 0) is 32.2 Å². The van der Waals surface area contributed by atoms with Crippen molar-refractivity contribution >= 4 is 17.6 Å². The van der Waals surface area contributed by atoms with Gasteiger partial charge in [0.15, 0.2) is 0 Å². The predicted octanol–water partition coefficient (Wildman–Crippen LogP) is 6.15. The molecule has 2 aromatic rings. The number of fused-ring (bicyclic) bond motifs is 2. The molecule has 1 fully saturated rings. The molecule has 2 nitrogen and oxygen atoms in total. The van der Waals surface area contributed by atoms with Gasteiger partial charge in [0.05, 0.1) is 5.69 Å². The molecule has 0 atom stereocenters. The SMILES string of the molecule is C(=C\C1CCN(Cc2ccccc2)CC1)/SNc1c2c(cc3c1CCC3)CCC2. The molecule has 2 aliphatic carbocycles. The maximum Gasteiger partial charge on any atom is 0.0512 e. The van der Waals surface area contributed by atoms with Crippen molar-refractivity contribution in [1.82, 2.24) is 4.90 Å². The summed E-state index contributed by atoms with van der Waals surface area (Å²) in [4.78, 5) is 2.60. The van der Waals surface area contributed by atoms with E-state index in [9.17, 15) is 0 Å². The van der Waals surface area contributed by atoms with Crippen molar-refractivity contribution in [3.8, 4) is 0 Å². The van der Waals surface area contributed by atoms with Crippen LogP contribution in [0.4, 0.5) is 5.69 Å². The van der Waals surface area contributed by atoms with E-state index >= 15 is 0 Å². The number of hydrogen-bond acceptors (Lipinski definition) is 3. The van der Waals surface area contributed by atoms with Gasteiger partial charge in [0.1, 0.15) is 0 Å². The summed E-state index contributed by atoms with van der Waals surface area (Å²) in [5.41, 5.74) is 9.36. The van der Waals surface area contributed by atoms with Crippen LogP contribution in [0.25, 0.3) is 0 Å². The zero-order valence-corrected chi connectivity index (χ0v) is 18.1. The highest BCUT2D eigenvalue weighted by atomic mass is 32.2. The van der Waals surface area contributed by atoms with E-state index in [0.29, 0.717) is 0 Å². The van der Waals surface area contributed by atoms with Crippen molar-refractivity contribution in [2.24, 2.45) is 5.92 Å². The maximum atomic E-state index is 3.75. The minimum absolute atomic E-state index is 0.725. The lowest BCUT2D eigenvalue weighted by Crippen LogP contribution is -2.32. The van der Waals surface area contributed by atoms with Crippen molar-refractivity contribution in [3.05, 3.63) is 75.7 Å². The molecule has 5 rings (SSSR count). The number of allylic oxidation sites excluding steroid dienone is 1. The Kier molecular flexibility index (Phi) is 5.96. The lowest BCUT2D eigenvalue weighted by atomic mass is 9.97. The summed E-state index contributed by atoms with van der Waals surface area (Å²) in [6.07, 6.45) is 12.7. The standard InChI is InChI=1S/C26H32N2S/c1-2-6-21(7-3-1)19-28-15-12-20(13-16-28)14-17-29-27-26-24-10-4-8-22(24)18-23-9-5-11-25(23)26/h1-3,6-7,14,17-18,20,27H,4-5,8-13,15-16,19H2/b17-14+. The number of nitrogens with one attached hydrogen (secondary N) is 1. The first-order valence-corrected chi connectivity index (χ1v) is 12.3. The molecule has 152 valence electrons. The number of anilines is 1. The first kappa shape index (κ1) is 19.3. The van der Waals surface area contributed by atoms with Crippen molar-refractivity contribution in [2.45, 2.75) is 57.9 Å². The first-order valence-electron chi connectivity index (χ1n) is 11.4. The van der Waals surface area contributed by atoms with E-state index in [4.69, 9.17) is 0 Å². The minimum Gasteiger partial charge on any atom is -0.326 e. The Labute approximate surface area is 179 Å². The average molecular weight is 405 g/mol. The Bertz CT molecular complexity index is 834. The molecular formula is C26H32N2S. The van der Waals surface area contributed by atoms with Crippen LogP contribution in [0.3, 0.4) is 0 Å². The van der Waals surface area contributed by atoms with E-state index < -0.39 is 0 Å². The third-order valence-electron chi connectivity index (χ3n) is 6.93. The van der Waals surface area contributed by atoms with Gasteiger partial charge < -0.3 is 4.72 Å². The van der Waals surface area contributed by atoms with E-state index in [1.807, 2.05) is 0 Å². The second-order valence-electron chi connectivity index (χ2n) is 8.88. The summed E-state index contributed by atoms with van der Waals surface area (Å²) in [6.45, 7) is 3.52. The van der Waals surface area contributed by atoms with E-state index in [1.54, 1.807) is 34.2 Å². The molecule has 1 heterocycles. The quantitative estimate of drug-likeness (QED) is 0.581. The molecule has 3 heteroatoms. The number of aryl methyl sites for hydroxylation is 2. The van der Waals surface area contributed by atoms with Crippen LogP contribution >= 0.6 is 11.9 Å². The summed E-state index contributed by atoms with van der Waals surface area (Å²) in [5, 5.41) is 2.31. The molecule has 0 unspecified atom stereocenters. The largest absolute Gasteiger partial charge is 0.326 e. The maximum absolute atomic E-state index is 3.75. The molecule has 29 heavy (non-hydrogen) atoms. The second-order valence-corrected chi connectivity index (χ2v) is 9.59. The number of likely N-dealkylation sites (tertiary alicyclic amines) is 1. The van der Waals surface area contributed by atoms with E-state index in [-0.39, 0.29) is 0 Å². The zero-order chi connectivity index (χ0) is 19.5. The van der Waals surface area contributed by atoms with Gasteiger partial charge in [-0.3, -0.25) is 4.90 Å². The highest BCUT2D eigenvalue weighted by Gasteiger charge is 2.24. The number of hydrogen-bond donors (Lipinski definition) is 1.